The lowest BCUT2D eigenvalue weighted by Crippen LogP contribution is -2.14. The van der Waals surface area contributed by atoms with Crippen molar-refractivity contribution in [1.29, 1.82) is 0 Å². The number of carboxylic acid groups (broad SMARTS) is 1. The Balaban J connectivity index is 2.48. The van der Waals surface area contributed by atoms with Crippen molar-refractivity contribution >= 4 is 5.97 Å². The van der Waals surface area contributed by atoms with Crippen molar-refractivity contribution < 1.29 is 9.90 Å². The van der Waals surface area contributed by atoms with Crippen LogP contribution in [-0.2, 0) is 11.2 Å². The molecule has 0 aliphatic heterocycles. The first-order chi connectivity index (χ1) is 6.29. The Hall–Kier alpha value is -1.57. The van der Waals surface area contributed by atoms with Gasteiger partial charge >= 0.3 is 5.97 Å². The first-order valence-corrected chi connectivity index (χ1v) is 4.17. The molecule has 0 saturated carbocycles. The van der Waals surface area contributed by atoms with Crippen molar-refractivity contribution in [3.8, 4) is 0 Å². The summed E-state index contributed by atoms with van der Waals surface area (Å²) in [5.74, 6) is -1.41. The molecule has 0 spiro atoms. The maximum Gasteiger partial charge on any atom is 0.315 e. The van der Waals surface area contributed by atoms with Gasteiger partial charge in [0.1, 0.15) is 5.92 Å². The minimum Gasteiger partial charge on any atom is -0.481 e. The molecule has 13 heavy (non-hydrogen) atoms. The van der Waals surface area contributed by atoms with Gasteiger partial charge in [0.15, 0.2) is 0 Å². The molecule has 1 aromatic rings. The number of carbonyl (C=O) groups is 1. The summed E-state index contributed by atoms with van der Waals surface area (Å²) in [5.41, 5.74) is 1.96. The maximum absolute atomic E-state index is 10.8. The lowest BCUT2D eigenvalue weighted by Gasteiger charge is -2.16. The average molecular weight is 173 g/mol. The second kappa shape index (κ2) is 3.05. The highest BCUT2D eigenvalue weighted by atomic mass is 16.4. The van der Waals surface area contributed by atoms with Crippen LogP contribution in [0.4, 0.5) is 0 Å². The molecule has 0 amide bonds. The third-order valence-electron chi connectivity index (χ3n) is 2.22. The van der Waals surface area contributed by atoms with Gasteiger partial charge in [-0.2, -0.15) is 0 Å². The Morgan fingerprint density at radius 2 is 2.23 bits per heavy atom. The highest BCUT2D eigenvalue weighted by Gasteiger charge is 2.21. The Morgan fingerprint density at radius 1 is 1.46 bits per heavy atom. The molecule has 1 aliphatic carbocycles. The van der Waals surface area contributed by atoms with Gasteiger partial charge in [0.05, 0.1) is 0 Å². The minimum absolute atomic E-state index is 0.579. The average Bonchev–Trinajstić information content (AvgIpc) is 2.17. The summed E-state index contributed by atoms with van der Waals surface area (Å²) in [6.07, 6.45) is 5.43. The number of carboxylic acids is 1. The van der Waals surface area contributed by atoms with Gasteiger partial charge in [-0.1, -0.05) is 30.3 Å². The molecular weight excluding hydrogens is 164 g/mol. The van der Waals surface area contributed by atoms with Crippen LogP contribution < -0.4 is 0 Å². The van der Waals surface area contributed by atoms with Gasteiger partial charge in [0.2, 0.25) is 0 Å². The second-order valence-corrected chi connectivity index (χ2v) is 3.04. The van der Waals surface area contributed by atoms with Crippen molar-refractivity contribution in [2.75, 3.05) is 0 Å². The number of allylic oxidation sites excluding steroid dienone is 1. The molecule has 1 N–H and O–H groups in total. The molecule has 0 saturated heterocycles. The van der Waals surface area contributed by atoms with Crippen LogP contribution in [0.3, 0.4) is 0 Å². The largest absolute Gasteiger partial charge is 0.481 e. The van der Waals surface area contributed by atoms with Crippen molar-refractivity contribution in [2.24, 2.45) is 0 Å². The first kappa shape index (κ1) is 8.05. The van der Waals surface area contributed by atoms with Crippen LogP contribution >= 0.6 is 0 Å². The Bertz CT molecular complexity index is 366. The van der Waals surface area contributed by atoms with Crippen LogP contribution in [0.25, 0.3) is 0 Å². The van der Waals surface area contributed by atoms with E-state index in [9.17, 15) is 4.79 Å². The summed E-state index contributed by atoms with van der Waals surface area (Å²) in [7, 11) is 0. The van der Waals surface area contributed by atoms with Crippen molar-refractivity contribution in [3.63, 3.8) is 0 Å². The number of hydrogen-bond donors (Lipinski definition) is 1. The van der Waals surface area contributed by atoms with Crippen molar-refractivity contribution in [1.82, 2.24) is 0 Å². The molecule has 2 heteroatoms. The van der Waals surface area contributed by atoms with Crippen molar-refractivity contribution in [2.45, 2.75) is 12.3 Å². The monoisotopic (exact) mass is 173 g/mol. The normalized spacial score (nSPS) is 19.5. The van der Waals surface area contributed by atoms with Crippen LogP contribution in [-0.4, -0.2) is 11.1 Å². The van der Waals surface area contributed by atoms with Crippen LogP contribution in [0.15, 0.2) is 30.3 Å². The summed E-state index contributed by atoms with van der Waals surface area (Å²) >= 11 is 0. The Labute approximate surface area is 76.5 Å². The molecular formula is C11H9O2. The number of benzene rings is 1. The molecule has 0 fully saturated rings. The SMILES string of the molecule is O=C(O)C1[C]=CCc2ccccc21. The second-order valence-electron chi connectivity index (χ2n) is 3.04. The summed E-state index contributed by atoms with van der Waals surface area (Å²) in [6.45, 7) is 0. The summed E-state index contributed by atoms with van der Waals surface area (Å²) in [4.78, 5) is 10.8. The Kier molecular flexibility index (Phi) is 1.89. The van der Waals surface area contributed by atoms with Crippen LogP contribution in [0.2, 0.25) is 0 Å². The van der Waals surface area contributed by atoms with Gasteiger partial charge in [0.25, 0.3) is 0 Å². The van der Waals surface area contributed by atoms with Crippen LogP contribution in [0.5, 0.6) is 0 Å². The van der Waals surface area contributed by atoms with E-state index in [0.717, 1.165) is 17.5 Å². The predicted molar refractivity (Wildman–Crippen MR) is 48.3 cm³/mol. The van der Waals surface area contributed by atoms with Gasteiger partial charge in [-0.25, -0.2) is 0 Å². The molecule has 1 unspecified atom stereocenters. The lowest BCUT2D eigenvalue weighted by molar-refractivity contribution is -0.137. The predicted octanol–water partition coefficient (Wildman–Crippen LogP) is 1.77. The van der Waals surface area contributed by atoms with Crippen molar-refractivity contribution in [3.05, 3.63) is 47.5 Å². The fraction of sp³-hybridized carbons (Fsp3) is 0.182. The third-order valence-corrected chi connectivity index (χ3v) is 2.22. The van der Waals surface area contributed by atoms with Gasteiger partial charge < -0.3 is 5.11 Å². The topological polar surface area (TPSA) is 37.3 Å². The summed E-state index contributed by atoms with van der Waals surface area (Å²) < 4.78 is 0. The standard InChI is InChI=1S/C11H9O2/c12-11(13)10-7-3-5-8-4-1-2-6-9(8)10/h1-4,6,10H,5H2,(H,12,13). The van der Waals surface area contributed by atoms with Gasteiger partial charge in [0, 0.05) is 0 Å². The lowest BCUT2D eigenvalue weighted by atomic mass is 9.88. The molecule has 0 heterocycles. The zero-order valence-corrected chi connectivity index (χ0v) is 7.03. The molecule has 1 atom stereocenters. The molecule has 0 aromatic heterocycles. The zero-order valence-electron chi connectivity index (χ0n) is 7.03. The number of fused-ring (bicyclic) bond motifs is 1. The van der Waals surface area contributed by atoms with Crippen LogP contribution in [0, 0.1) is 6.08 Å². The van der Waals surface area contributed by atoms with E-state index in [0.29, 0.717) is 0 Å². The first-order valence-electron chi connectivity index (χ1n) is 4.17. The van der Waals surface area contributed by atoms with Gasteiger partial charge in [-0.3, -0.25) is 4.79 Å². The minimum atomic E-state index is -0.830. The highest BCUT2D eigenvalue weighted by molar-refractivity contribution is 5.78. The van der Waals surface area contributed by atoms with Gasteiger partial charge in [-0.05, 0) is 23.6 Å². The van der Waals surface area contributed by atoms with E-state index in [1.165, 1.54) is 0 Å². The molecule has 65 valence electrons. The van der Waals surface area contributed by atoms with E-state index in [1.807, 2.05) is 24.3 Å². The summed E-state index contributed by atoms with van der Waals surface area (Å²) in [5, 5.41) is 8.90. The number of rotatable bonds is 1. The van der Waals surface area contributed by atoms with E-state index >= 15 is 0 Å². The number of hydrogen-bond acceptors (Lipinski definition) is 1. The van der Waals surface area contributed by atoms with E-state index in [2.05, 4.69) is 6.08 Å². The molecule has 1 aromatic carbocycles. The molecule has 2 rings (SSSR count). The Morgan fingerprint density at radius 3 is 3.00 bits per heavy atom. The molecule has 0 bridgehead atoms. The van der Waals surface area contributed by atoms with Gasteiger partial charge in [-0.15, -0.1) is 0 Å². The summed E-state index contributed by atoms with van der Waals surface area (Å²) in [6, 6.07) is 7.61. The van der Waals surface area contributed by atoms with E-state index in [1.54, 1.807) is 6.08 Å². The smallest absolute Gasteiger partial charge is 0.315 e. The highest BCUT2D eigenvalue weighted by Crippen LogP contribution is 2.25. The fourth-order valence-corrected chi connectivity index (χ4v) is 1.58. The van der Waals surface area contributed by atoms with E-state index < -0.39 is 11.9 Å². The fourth-order valence-electron chi connectivity index (χ4n) is 1.58. The maximum atomic E-state index is 10.8. The third kappa shape index (κ3) is 1.35. The van der Waals surface area contributed by atoms with E-state index in [-0.39, 0.29) is 0 Å². The molecule has 1 aliphatic rings. The van der Waals surface area contributed by atoms with E-state index in [4.69, 9.17) is 5.11 Å². The zero-order chi connectivity index (χ0) is 9.26. The number of aliphatic carboxylic acids is 1. The quantitative estimate of drug-likeness (QED) is 0.702. The molecule has 1 radical (unpaired) electrons. The molecule has 2 nitrogen and oxygen atoms in total. The van der Waals surface area contributed by atoms with Crippen LogP contribution in [0.1, 0.15) is 17.0 Å².